The number of tetrazole rings is 1. The van der Waals surface area contributed by atoms with E-state index in [9.17, 15) is 9.59 Å². The van der Waals surface area contributed by atoms with Crippen LogP contribution in [0.25, 0.3) is 11.4 Å². The van der Waals surface area contributed by atoms with Crippen molar-refractivity contribution < 1.29 is 14.3 Å². The van der Waals surface area contributed by atoms with Gasteiger partial charge in [-0.2, -0.15) is 16.1 Å². The third-order valence-electron chi connectivity index (χ3n) is 3.59. The van der Waals surface area contributed by atoms with E-state index in [1.54, 1.807) is 18.2 Å². The number of carbonyl (C=O) groups excluding carboxylic acids is 2. The molecule has 1 aromatic carbocycles. The fourth-order valence-corrected chi connectivity index (χ4v) is 3.10. The summed E-state index contributed by atoms with van der Waals surface area (Å²) in [6.07, 6.45) is 0. The fourth-order valence-electron chi connectivity index (χ4n) is 2.27. The Hall–Kier alpha value is -2.78. The van der Waals surface area contributed by atoms with Gasteiger partial charge in [0.15, 0.2) is 13.2 Å². The van der Waals surface area contributed by atoms with Crippen LogP contribution in [0.3, 0.4) is 0 Å². The summed E-state index contributed by atoms with van der Waals surface area (Å²) in [7, 11) is 0. The van der Waals surface area contributed by atoms with Crippen molar-refractivity contribution in [2.24, 2.45) is 0 Å². The molecular weight excluding hydrogens is 390 g/mol. The van der Waals surface area contributed by atoms with Crippen LogP contribution in [-0.2, 0) is 20.9 Å². The van der Waals surface area contributed by atoms with E-state index in [4.69, 9.17) is 16.3 Å². The molecule has 0 saturated carbocycles. The minimum absolute atomic E-state index is 0.228. The Kier molecular flexibility index (Phi) is 6.15. The first kappa shape index (κ1) is 19.0. The molecule has 0 radical (unpaired) electrons. The number of nitrogens with one attached hydrogen (secondary N) is 1. The second-order valence-corrected chi connectivity index (χ2v) is 6.88. The van der Waals surface area contributed by atoms with Gasteiger partial charge in [0.05, 0.1) is 6.04 Å². The van der Waals surface area contributed by atoms with Gasteiger partial charge in [0.2, 0.25) is 5.82 Å². The zero-order chi connectivity index (χ0) is 19.2. The monoisotopic (exact) mass is 405 g/mol. The number of aromatic nitrogens is 4. The predicted molar refractivity (Wildman–Crippen MR) is 100 cm³/mol. The summed E-state index contributed by atoms with van der Waals surface area (Å²) in [5.74, 6) is -0.617. The fraction of sp³-hybridized carbons (Fsp3) is 0.235. The molecule has 10 heteroatoms. The quantitative estimate of drug-likeness (QED) is 0.606. The van der Waals surface area contributed by atoms with E-state index in [1.807, 2.05) is 29.8 Å². The number of halogens is 1. The third kappa shape index (κ3) is 5.35. The zero-order valence-electron chi connectivity index (χ0n) is 14.3. The Labute approximate surface area is 164 Å². The highest BCUT2D eigenvalue weighted by Crippen LogP contribution is 2.17. The summed E-state index contributed by atoms with van der Waals surface area (Å²) < 4.78 is 4.96. The van der Waals surface area contributed by atoms with Crippen LogP contribution in [-0.4, -0.2) is 38.7 Å². The molecule has 0 fully saturated rings. The molecule has 27 heavy (non-hydrogen) atoms. The molecule has 1 atom stereocenters. The number of thiophene rings is 1. The highest BCUT2D eigenvalue weighted by Gasteiger charge is 2.14. The van der Waals surface area contributed by atoms with E-state index >= 15 is 0 Å². The van der Waals surface area contributed by atoms with Crippen molar-refractivity contribution in [1.29, 1.82) is 0 Å². The van der Waals surface area contributed by atoms with E-state index in [0.29, 0.717) is 10.8 Å². The van der Waals surface area contributed by atoms with Crippen molar-refractivity contribution in [3.63, 3.8) is 0 Å². The summed E-state index contributed by atoms with van der Waals surface area (Å²) >= 11 is 7.45. The molecule has 0 bridgehead atoms. The van der Waals surface area contributed by atoms with Crippen molar-refractivity contribution in [2.75, 3.05) is 6.61 Å². The van der Waals surface area contributed by atoms with Gasteiger partial charge in [-0.15, -0.1) is 10.2 Å². The number of esters is 1. The van der Waals surface area contributed by atoms with Crippen molar-refractivity contribution in [3.8, 4) is 11.4 Å². The number of amides is 1. The number of hydrogen-bond acceptors (Lipinski definition) is 7. The minimum atomic E-state index is -0.630. The highest BCUT2D eigenvalue weighted by molar-refractivity contribution is 7.08. The van der Waals surface area contributed by atoms with Crippen LogP contribution in [0.15, 0.2) is 41.1 Å². The van der Waals surface area contributed by atoms with Gasteiger partial charge in [-0.3, -0.25) is 4.79 Å². The van der Waals surface area contributed by atoms with Crippen molar-refractivity contribution in [1.82, 2.24) is 25.5 Å². The summed E-state index contributed by atoms with van der Waals surface area (Å²) in [4.78, 5) is 25.0. The van der Waals surface area contributed by atoms with Crippen LogP contribution in [0.2, 0.25) is 5.02 Å². The molecule has 2 heterocycles. The Morgan fingerprint density at radius 2 is 2.22 bits per heavy atom. The molecule has 0 aliphatic rings. The average Bonchev–Trinajstić information content (AvgIpc) is 3.31. The van der Waals surface area contributed by atoms with E-state index in [0.717, 1.165) is 15.9 Å². The molecule has 0 aliphatic carbocycles. The number of hydrogen-bond donors (Lipinski definition) is 1. The lowest BCUT2D eigenvalue weighted by Gasteiger charge is -2.14. The van der Waals surface area contributed by atoms with Gasteiger partial charge >= 0.3 is 5.97 Å². The second-order valence-electron chi connectivity index (χ2n) is 5.66. The normalized spacial score (nSPS) is 11.8. The number of carbonyl (C=O) groups is 2. The van der Waals surface area contributed by atoms with Gasteiger partial charge < -0.3 is 10.1 Å². The van der Waals surface area contributed by atoms with Crippen molar-refractivity contribution in [3.05, 3.63) is 51.7 Å². The molecule has 3 aromatic rings. The van der Waals surface area contributed by atoms with Crippen LogP contribution in [0, 0.1) is 0 Å². The van der Waals surface area contributed by atoms with Crippen LogP contribution in [0.1, 0.15) is 18.5 Å². The van der Waals surface area contributed by atoms with Crippen LogP contribution in [0.5, 0.6) is 0 Å². The SMILES string of the molecule is C[C@H](NC(=O)COC(=O)Cn1nnc(-c2ccsc2)n1)c1cccc(Cl)c1. The lowest BCUT2D eigenvalue weighted by molar-refractivity contribution is -0.149. The molecule has 8 nitrogen and oxygen atoms in total. The third-order valence-corrected chi connectivity index (χ3v) is 4.51. The van der Waals surface area contributed by atoms with Gasteiger partial charge in [-0.1, -0.05) is 23.7 Å². The average molecular weight is 406 g/mol. The first-order chi connectivity index (χ1) is 13.0. The molecule has 2 aromatic heterocycles. The topological polar surface area (TPSA) is 99.0 Å². The summed E-state index contributed by atoms with van der Waals surface area (Å²) in [6, 6.07) is 8.76. The number of rotatable bonds is 7. The van der Waals surface area contributed by atoms with Gasteiger partial charge in [0.1, 0.15) is 0 Å². The first-order valence-electron chi connectivity index (χ1n) is 8.02. The first-order valence-corrected chi connectivity index (χ1v) is 9.34. The molecule has 0 saturated heterocycles. The summed E-state index contributed by atoms with van der Waals surface area (Å²) in [5.41, 5.74) is 1.68. The molecule has 0 unspecified atom stereocenters. The number of benzene rings is 1. The maximum absolute atomic E-state index is 12.0. The van der Waals surface area contributed by atoms with Gasteiger partial charge in [-0.05, 0) is 41.3 Å². The number of ether oxygens (including phenoxy) is 1. The lowest BCUT2D eigenvalue weighted by atomic mass is 10.1. The van der Waals surface area contributed by atoms with Crippen molar-refractivity contribution in [2.45, 2.75) is 19.5 Å². The van der Waals surface area contributed by atoms with Crippen molar-refractivity contribution >= 4 is 34.8 Å². The Balaban J connectivity index is 1.45. The summed E-state index contributed by atoms with van der Waals surface area (Å²) in [5, 5.41) is 18.9. The van der Waals surface area contributed by atoms with Gasteiger partial charge in [0.25, 0.3) is 5.91 Å². The Morgan fingerprint density at radius 1 is 1.37 bits per heavy atom. The summed E-state index contributed by atoms with van der Waals surface area (Å²) in [6.45, 7) is 1.20. The number of nitrogens with zero attached hydrogens (tertiary/aromatic N) is 4. The molecule has 0 spiro atoms. The Bertz CT molecular complexity index is 928. The van der Waals surface area contributed by atoms with E-state index < -0.39 is 18.5 Å². The molecular formula is C17H16ClN5O3S. The molecule has 0 aliphatic heterocycles. The van der Waals surface area contributed by atoms with E-state index in [1.165, 1.54) is 11.3 Å². The van der Waals surface area contributed by atoms with Gasteiger partial charge in [-0.25, -0.2) is 4.79 Å². The minimum Gasteiger partial charge on any atom is -0.454 e. The van der Waals surface area contributed by atoms with Crippen LogP contribution >= 0.6 is 22.9 Å². The molecule has 1 N–H and O–H groups in total. The molecule has 140 valence electrons. The maximum Gasteiger partial charge on any atom is 0.330 e. The smallest absolute Gasteiger partial charge is 0.330 e. The lowest BCUT2D eigenvalue weighted by Crippen LogP contribution is -2.31. The second kappa shape index (κ2) is 8.74. The molecule has 3 rings (SSSR count). The molecule has 1 amide bonds. The van der Waals surface area contributed by atoms with Crippen LogP contribution in [0.4, 0.5) is 0 Å². The van der Waals surface area contributed by atoms with E-state index in [-0.39, 0.29) is 12.6 Å². The van der Waals surface area contributed by atoms with Crippen LogP contribution < -0.4 is 5.32 Å². The standard InChI is InChI=1S/C17H16ClN5O3S/c1-11(12-3-2-4-14(18)7-12)19-15(24)9-26-16(25)8-23-21-17(20-22-23)13-5-6-27-10-13/h2-7,10-11H,8-9H2,1H3,(H,19,24)/t11-/m0/s1. The highest BCUT2D eigenvalue weighted by atomic mass is 35.5. The van der Waals surface area contributed by atoms with E-state index in [2.05, 4.69) is 20.7 Å². The maximum atomic E-state index is 12.0. The largest absolute Gasteiger partial charge is 0.454 e. The predicted octanol–water partition coefficient (Wildman–Crippen LogP) is 2.48. The Morgan fingerprint density at radius 3 is 2.96 bits per heavy atom. The van der Waals surface area contributed by atoms with Gasteiger partial charge in [0, 0.05) is 16.0 Å². The zero-order valence-corrected chi connectivity index (χ0v) is 15.9.